The quantitative estimate of drug-likeness (QED) is 0.895. The van der Waals surface area contributed by atoms with Crippen molar-refractivity contribution in [3.63, 3.8) is 0 Å². The van der Waals surface area contributed by atoms with Crippen molar-refractivity contribution in [2.75, 3.05) is 51.2 Å². The molecule has 2 aliphatic heterocycles. The van der Waals surface area contributed by atoms with Crippen molar-refractivity contribution >= 4 is 11.3 Å². The van der Waals surface area contributed by atoms with Crippen molar-refractivity contribution in [3.05, 3.63) is 24.2 Å². The van der Waals surface area contributed by atoms with E-state index in [9.17, 15) is 0 Å². The molecule has 6 nitrogen and oxygen atoms in total. The number of piperidine rings is 1. The largest absolute Gasteiger partial charge is 0.369 e. The Morgan fingerprint density at radius 2 is 1.91 bits per heavy atom. The highest BCUT2D eigenvalue weighted by Crippen LogP contribution is 2.26. The van der Waals surface area contributed by atoms with Gasteiger partial charge in [-0.2, -0.15) is 5.10 Å². The van der Waals surface area contributed by atoms with Gasteiger partial charge in [-0.3, -0.25) is 0 Å². The Morgan fingerprint density at radius 3 is 2.68 bits per heavy atom. The first-order valence-corrected chi connectivity index (χ1v) is 8.30. The second-order valence-corrected chi connectivity index (χ2v) is 6.47. The van der Waals surface area contributed by atoms with Gasteiger partial charge in [0.2, 0.25) is 0 Å². The number of hydrogen-bond donors (Lipinski definition) is 1. The first-order valence-electron chi connectivity index (χ1n) is 8.30. The summed E-state index contributed by atoms with van der Waals surface area (Å²) in [5.74, 6) is 1.53. The van der Waals surface area contributed by atoms with Gasteiger partial charge in [-0.25, -0.2) is 9.50 Å². The van der Waals surface area contributed by atoms with Crippen LogP contribution in [-0.2, 0) is 0 Å². The predicted octanol–water partition coefficient (Wildman–Crippen LogP) is 0.948. The second kappa shape index (κ2) is 5.85. The number of piperazine rings is 1. The predicted molar refractivity (Wildman–Crippen MR) is 87.5 cm³/mol. The van der Waals surface area contributed by atoms with Crippen LogP contribution in [0, 0.1) is 0 Å². The number of aromatic nitrogens is 3. The van der Waals surface area contributed by atoms with Crippen LogP contribution < -0.4 is 10.2 Å². The van der Waals surface area contributed by atoms with Gasteiger partial charge in [0.05, 0.1) is 0 Å². The van der Waals surface area contributed by atoms with Crippen molar-refractivity contribution in [3.8, 4) is 0 Å². The van der Waals surface area contributed by atoms with E-state index in [4.69, 9.17) is 10.1 Å². The molecule has 6 heteroatoms. The molecule has 0 aliphatic carbocycles. The minimum atomic E-state index is 0.513. The molecule has 0 aromatic carbocycles. The van der Waals surface area contributed by atoms with Gasteiger partial charge in [-0.1, -0.05) is 0 Å². The summed E-state index contributed by atoms with van der Waals surface area (Å²) in [6.07, 6.45) is 4.38. The van der Waals surface area contributed by atoms with E-state index in [0.29, 0.717) is 5.92 Å². The molecule has 0 spiro atoms. The molecule has 2 aromatic heterocycles. The third-order valence-electron chi connectivity index (χ3n) is 4.90. The Balaban J connectivity index is 1.58. The van der Waals surface area contributed by atoms with Gasteiger partial charge in [0.15, 0.2) is 11.5 Å². The zero-order chi connectivity index (χ0) is 14.9. The maximum Gasteiger partial charge on any atom is 0.157 e. The van der Waals surface area contributed by atoms with Crippen LogP contribution in [0.5, 0.6) is 0 Å². The molecule has 0 saturated carbocycles. The fourth-order valence-electron chi connectivity index (χ4n) is 3.45. The number of likely N-dealkylation sites (tertiary alicyclic amines) is 1. The van der Waals surface area contributed by atoms with E-state index in [1.807, 2.05) is 4.52 Å². The summed E-state index contributed by atoms with van der Waals surface area (Å²) >= 11 is 0. The lowest BCUT2D eigenvalue weighted by molar-refractivity contribution is 0.251. The van der Waals surface area contributed by atoms with Crippen LogP contribution >= 0.6 is 0 Å². The monoisotopic (exact) mass is 300 g/mol. The number of hydrogen-bond acceptors (Lipinski definition) is 5. The summed E-state index contributed by atoms with van der Waals surface area (Å²) < 4.78 is 1.93. The van der Waals surface area contributed by atoms with E-state index in [-0.39, 0.29) is 0 Å². The molecule has 22 heavy (non-hydrogen) atoms. The summed E-state index contributed by atoms with van der Waals surface area (Å²) in [4.78, 5) is 9.61. The van der Waals surface area contributed by atoms with Gasteiger partial charge in [0, 0.05) is 50.0 Å². The molecule has 0 bridgehead atoms. The van der Waals surface area contributed by atoms with E-state index in [2.05, 4.69) is 40.5 Å². The van der Waals surface area contributed by atoms with Crippen molar-refractivity contribution in [1.82, 2.24) is 24.8 Å². The first-order chi connectivity index (χ1) is 10.8. The van der Waals surface area contributed by atoms with Crippen LogP contribution in [0.4, 0.5) is 5.69 Å². The number of anilines is 1. The Morgan fingerprint density at radius 1 is 1.14 bits per heavy atom. The molecule has 2 saturated heterocycles. The van der Waals surface area contributed by atoms with E-state index in [1.54, 1.807) is 0 Å². The third-order valence-corrected chi connectivity index (χ3v) is 4.90. The smallest absolute Gasteiger partial charge is 0.157 e. The molecule has 2 aromatic rings. The van der Waals surface area contributed by atoms with Gasteiger partial charge in [-0.05, 0) is 39.0 Å². The van der Waals surface area contributed by atoms with E-state index in [0.717, 1.165) is 63.6 Å². The molecular formula is C16H24N6. The average molecular weight is 300 g/mol. The van der Waals surface area contributed by atoms with Gasteiger partial charge >= 0.3 is 0 Å². The topological polar surface area (TPSA) is 48.7 Å². The van der Waals surface area contributed by atoms with Crippen molar-refractivity contribution in [2.24, 2.45) is 0 Å². The van der Waals surface area contributed by atoms with E-state index in [1.165, 1.54) is 5.69 Å². The molecule has 118 valence electrons. The number of pyridine rings is 1. The minimum absolute atomic E-state index is 0.513. The molecule has 2 aliphatic rings. The normalized spacial score (nSPS) is 21.6. The lowest BCUT2D eigenvalue weighted by Crippen LogP contribution is -2.43. The number of fused-ring (bicyclic) bond motifs is 1. The molecule has 0 unspecified atom stereocenters. The Hall–Kier alpha value is -1.66. The fourth-order valence-corrected chi connectivity index (χ4v) is 3.45. The van der Waals surface area contributed by atoms with Gasteiger partial charge in [0.25, 0.3) is 0 Å². The summed E-state index contributed by atoms with van der Waals surface area (Å²) in [5.41, 5.74) is 2.24. The van der Waals surface area contributed by atoms with Crippen LogP contribution in [-0.4, -0.2) is 65.8 Å². The van der Waals surface area contributed by atoms with Crippen LogP contribution in [0.3, 0.4) is 0 Å². The van der Waals surface area contributed by atoms with Crippen LogP contribution in [0.1, 0.15) is 24.6 Å². The molecule has 4 heterocycles. The molecule has 1 N–H and O–H groups in total. The van der Waals surface area contributed by atoms with Gasteiger partial charge in [0.1, 0.15) is 0 Å². The third kappa shape index (κ3) is 2.68. The second-order valence-electron chi connectivity index (χ2n) is 6.47. The Kier molecular flexibility index (Phi) is 3.72. The average Bonchev–Trinajstić information content (AvgIpc) is 2.99. The molecule has 0 amide bonds. The van der Waals surface area contributed by atoms with E-state index < -0.39 is 0 Å². The SMILES string of the molecule is CN1CCC(c2nc3cc(N4CCNCC4)ccn3n2)CC1. The lowest BCUT2D eigenvalue weighted by Gasteiger charge is -2.29. The van der Waals surface area contributed by atoms with Gasteiger partial charge in [-0.15, -0.1) is 0 Å². The molecular weight excluding hydrogens is 276 g/mol. The first kappa shape index (κ1) is 14.0. The summed E-state index contributed by atoms with van der Waals surface area (Å²) in [5, 5.41) is 8.10. The molecule has 0 atom stereocenters. The standard InChI is InChI=1S/C16H24N6/c1-20-7-2-13(3-8-20)16-18-15-12-14(4-9-22(15)19-16)21-10-5-17-6-11-21/h4,9,12-13,17H,2-3,5-8,10-11H2,1H3. The highest BCUT2D eigenvalue weighted by Gasteiger charge is 2.22. The highest BCUT2D eigenvalue weighted by atomic mass is 15.3. The number of rotatable bonds is 2. The highest BCUT2D eigenvalue weighted by molar-refractivity contribution is 5.56. The minimum Gasteiger partial charge on any atom is -0.369 e. The van der Waals surface area contributed by atoms with Crippen molar-refractivity contribution < 1.29 is 0 Å². The van der Waals surface area contributed by atoms with Crippen LogP contribution in [0.15, 0.2) is 18.3 Å². The molecule has 4 rings (SSSR count). The van der Waals surface area contributed by atoms with Crippen molar-refractivity contribution in [1.29, 1.82) is 0 Å². The molecule has 2 fully saturated rings. The Labute approximate surface area is 131 Å². The zero-order valence-corrected chi connectivity index (χ0v) is 13.2. The fraction of sp³-hybridized carbons (Fsp3) is 0.625. The zero-order valence-electron chi connectivity index (χ0n) is 13.2. The summed E-state index contributed by atoms with van der Waals surface area (Å²) in [7, 11) is 2.19. The molecule has 0 radical (unpaired) electrons. The van der Waals surface area contributed by atoms with E-state index >= 15 is 0 Å². The Bertz CT molecular complexity index is 637. The lowest BCUT2D eigenvalue weighted by atomic mass is 9.97. The van der Waals surface area contributed by atoms with Crippen molar-refractivity contribution in [2.45, 2.75) is 18.8 Å². The summed E-state index contributed by atoms with van der Waals surface area (Å²) in [6, 6.07) is 4.34. The summed E-state index contributed by atoms with van der Waals surface area (Å²) in [6.45, 7) is 6.52. The van der Waals surface area contributed by atoms with Crippen LogP contribution in [0.25, 0.3) is 5.65 Å². The number of nitrogens with one attached hydrogen (secondary N) is 1. The van der Waals surface area contributed by atoms with Gasteiger partial charge < -0.3 is 15.1 Å². The van der Waals surface area contributed by atoms with Crippen LogP contribution in [0.2, 0.25) is 0 Å². The maximum absolute atomic E-state index is 4.81. The number of nitrogens with zero attached hydrogens (tertiary/aromatic N) is 5. The maximum atomic E-state index is 4.81.